The lowest BCUT2D eigenvalue weighted by Gasteiger charge is -2.33. The standard InChI is InChI=1S/C23H25FN2O2/c1-16(2)17-3-8-22-21(13-17)18(14-23(27)28-22)15-25-9-11-26(12-10-25)20-6-4-19(24)5-7-20/h3-8,13-14,16H,9-12,15H2,1-2H3/p+1. The van der Waals surface area contributed by atoms with Gasteiger partial charge in [-0.3, -0.25) is 0 Å². The summed E-state index contributed by atoms with van der Waals surface area (Å²) in [5.41, 5.74) is 3.74. The Morgan fingerprint density at radius 2 is 1.79 bits per heavy atom. The third-order valence-corrected chi connectivity index (χ3v) is 5.62. The fraction of sp³-hybridized carbons (Fsp3) is 0.348. The zero-order valence-corrected chi connectivity index (χ0v) is 16.4. The van der Waals surface area contributed by atoms with Gasteiger partial charge in [-0.1, -0.05) is 19.9 Å². The van der Waals surface area contributed by atoms with Gasteiger partial charge < -0.3 is 14.2 Å². The van der Waals surface area contributed by atoms with Crippen molar-refractivity contribution in [1.82, 2.24) is 0 Å². The summed E-state index contributed by atoms with van der Waals surface area (Å²) in [4.78, 5) is 15.7. The van der Waals surface area contributed by atoms with E-state index >= 15 is 0 Å². The maximum atomic E-state index is 13.1. The highest BCUT2D eigenvalue weighted by Crippen LogP contribution is 2.23. The maximum absolute atomic E-state index is 13.1. The molecule has 1 N–H and O–H groups in total. The molecule has 5 heteroatoms. The number of hydrogen-bond donors (Lipinski definition) is 1. The van der Waals surface area contributed by atoms with Gasteiger partial charge in [-0.2, -0.15) is 0 Å². The summed E-state index contributed by atoms with van der Waals surface area (Å²) in [5, 5.41) is 1.04. The molecule has 0 spiro atoms. The van der Waals surface area contributed by atoms with Crippen LogP contribution in [0.3, 0.4) is 0 Å². The number of rotatable bonds is 4. The molecule has 146 valence electrons. The molecule has 0 bridgehead atoms. The second-order valence-electron chi connectivity index (χ2n) is 7.89. The number of anilines is 1. The van der Waals surface area contributed by atoms with Crippen molar-refractivity contribution in [2.75, 3.05) is 31.1 Å². The Bertz CT molecular complexity index is 1020. The molecule has 2 aromatic carbocycles. The minimum atomic E-state index is -0.288. The largest absolute Gasteiger partial charge is 0.423 e. The van der Waals surface area contributed by atoms with Crippen LogP contribution in [0.1, 0.15) is 30.9 Å². The van der Waals surface area contributed by atoms with Crippen molar-refractivity contribution >= 4 is 16.7 Å². The fourth-order valence-electron chi connectivity index (χ4n) is 3.93. The van der Waals surface area contributed by atoms with E-state index in [1.807, 2.05) is 24.3 Å². The number of halogens is 1. The molecule has 1 aromatic heterocycles. The summed E-state index contributed by atoms with van der Waals surface area (Å²) < 4.78 is 18.5. The third-order valence-electron chi connectivity index (χ3n) is 5.62. The minimum absolute atomic E-state index is 0.205. The Hall–Kier alpha value is -2.66. The molecule has 0 saturated carbocycles. The first-order valence-electron chi connectivity index (χ1n) is 9.90. The average Bonchev–Trinajstić information content (AvgIpc) is 2.69. The first-order valence-corrected chi connectivity index (χ1v) is 9.90. The zero-order valence-electron chi connectivity index (χ0n) is 16.4. The van der Waals surface area contributed by atoms with Crippen LogP contribution in [0.25, 0.3) is 11.0 Å². The molecule has 0 aliphatic carbocycles. The summed E-state index contributed by atoms with van der Waals surface area (Å²) in [7, 11) is 0. The van der Waals surface area contributed by atoms with Crippen LogP contribution in [0.2, 0.25) is 0 Å². The molecule has 0 atom stereocenters. The number of nitrogens with one attached hydrogen (secondary N) is 1. The monoisotopic (exact) mass is 381 g/mol. The van der Waals surface area contributed by atoms with E-state index in [0.29, 0.717) is 11.5 Å². The van der Waals surface area contributed by atoms with Crippen molar-refractivity contribution in [3.63, 3.8) is 0 Å². The number of quaternary nitrogens is 1. The topological polar surface area (TPSA) is 37.9 Å². The Balaban J connectivity index is 1.51. The lowest BCUT2D eigenvalue weighted by atomic mass is 9.99. The summed E-state index contributed by atoms with van der Waals surface area (Å²) in [6, 6.07) is 14.4. The molecule has 1 aliphatic rings. The molecule has 1 fully saturated rings. The van der Waals surface area contributed by atoms with Gasteiger partial charge >= 0.3 is 5.63 Å². The maximum Gasteiger partial charge on any atom is 0.336 e. The van der Waals surface area contributed by atoms with Gasteiger partial charge in [0.2, 0.25) is 0 Å². The molecular formula is C23H26FN2O2+. The average molecular weight is 381 g/mol. The number of nitrogens with zero attached hydrogens (tertiary/aromatic N) is 1. The van der Waals surface area contributed by atoms with Crippen molar-refractivity contribution in [3.8, 4) is 0 Å². The molecule has 0 unspecified atom stereocenters. The van der Waals surface area contributed by atoms with Crippen LogP contribution in [0.5, 0.6) is 0 Å². The van der Waals surface area contributed by atoms with E-state index in [4.69, 9.17) is 4.42 Å². The number of piperazine rings is 1. The van der Waals surface area contributed by atoms with E-state index in [-0.39, 0.29) is 11.4 Å². The van der Waals surface area contributed by atoms with Crippen LogP contribution in [0.4, 0.5) is 10.1 Å². The predicted molar refractivity (Wildman–Crippen MR) is 110 cm³/mol. The van der Waals surface area contributed by atoms with Crippen molar-refractivity contribution in [2.24, 2.45) is 0 Å². The van der Waals surface area contributed by atoms with Crippen LogP contribution in [-0.4, -0.2) is 26.2 Å². The normalized spacial score (nSPS) is 15.5. The fourth-order valence-corrected chi connectivity index (χ4v) is 3.93. The molecule has 1 aliphatic heterocycles. The molecule has 0 amide bonds. The van der Waals surface area contributed by atoms with Gasteiger partial charge in [0.25, 0.3) is 0 Å². The van der Waals surface area contributed by atoms with E-state index in [1.165, 1.54) is 22.6 Å². The van der Waals surface area contributed by atoms with Crippen LogP contribution >= 0.6 is 0 Å². The highest BCUT2D eigenvalue weighted by molar-refractivity contribution is 5.81. The van der Waals surface area contributed by atoms with E-state index in [1.54, 1.807) is 6.07 Å². The lowest BCUT2D eigenvalue weighted by Crippen LogP contribution is -3.13. The molecule has 3 aromatic rings. The van der Waals surface area contributed by atoms with Crippen molar-refractivity contribution in [1.29, 1.82) is 0 Å². The molecular weight excluding hydrogens is 355 g/mol. The molecule has 2 heterocycles. The van der Waals surface area contributed by atoms with Gasteiger partial charge in [-0.15, -0.1) is 0 Å². The molecule has 4 nitrogen and oxygen atoms in total. The van der Waals surface area contributed by atoms with Gasteiger partial charge in [0.05, 0.1) is 26.2 Å². The van der Waals surface area contributed by atoms with Crippen LogP contribution in [0, 0.1) is 5.82 Å². The highest BCUT2D eigenvalue weighted by atomic mass is 19.1. The molecule has 28 heavy (non-hydrogen) atoms. The first-order chi connectivity index (χ1) is 13.5. The highest BCUT2D eigenvalue weighted by Gasteiger charge is 2.22. The molecule has 1 saturated heterocycles. The second kappa shape index (κ2) is 7.76. The van der Waals surface area contributed by atoms with Gasteiger partial charge in [0.15, 0.2) is 0 Å². The van der Waals surface area contributed by atoms with E-state index < -0.39 is 0 Å². The smallest absolute Gasteiger partial charge is 0.336 e. The number of benzene rings is 2. The molecule has 0 radical (unpaired) electrons. The van der Waals surface area contributed by atoms with Gasteiger partial charge in [0.1, 0.15) is 17.9 Å². The van der Waals surface area contributed by atoms with Gasteiger partial charge in [0, 0.05) is 22.7 Å². The quantitative estimate of drug-likeness (QED) is 0.706. The third kappa shape index (κ3) is 3.94. The van der Waals surface area contributed by atoms with Crippen LogP contribution < -0.4 is 15.4 Å². The SMILES string of the molecule is CC(C)c1ccc2oc(=O)cc(C[NH+]3CCN(c4ccc(F)cc4)CC3)c2c1. The van der Waals surface area contributed by atoms with Crippen LogP contribution in [0.15, 0.2) is 57.7 Å². The van der Waals surface area contributed by atoms with Gasteiger partial charge in [-0.05, 0) is 47.9 Å². The van der Waals surface area contributed by atoms with Crippen LogP contribution in [-0.2, 0) is 6.54 Å². The Morgan fingerprint density at radius 1 is 1.07 bits per heavy atom. The van der Waals surface area contributed by atoms with E-state index in [2.05, 4.69) is 24.8 Å². The predicted octanol–water partition coefficient (Wildman–Crippen LogP) is 2.96. The Morgan fingerprint density at radius 3 is 2.46 bits per heavy atom. The first kappa shape index (κ1) is 18.7. The number of fused-ring (bicyclic) bond motifs is 1. The summed E-state index contributed by atoms with van der Waals surface area (Å²) >= 11 is 0. The number of hydrogen-bond acceptors (Lipinski definition) is 3. The Labute approximate surface area is 164 Å². The summed E-state index contributed by atoms with van der Waals surface area (Å²) in [6.45, 7) is 8.92. The molecule has 4 rings (SSSR count). The van der Waals surface area contributed by atoms with Crippen molar-refractivity contribution < 1.29 is 13.7 Å². The minimum Gasteiger partial charge on any atom is -0.423 e. The van der Waals surface area contributed by atoms with E-state index in [0.717, 1.165) is 49.4 Å². The van der Waals surface area contributed by atoms with Crippen molar-refractivity contribution in [3.05, 3.63) is 75.9 Å². The zero-order chi connectivity index (χ0) is 19.7. The summed E-state index contributed by atoms with van der Waals surface area (Å²) in [6.07, 6.45) is 0. The summed E-state index contributed by atoms with van der Waals surface area (Å²) in [5.74, 6) is 0.222. The van der Waals surface area contributed by atoms with Crippen molar-refractivity contribution in [2.45, 2.75) is 26.3 Å². The lowest BCUT2D eigenvalue weighted by molar-refractivity contribution is -0.914. The van der Waals surface area contributed by atoms with E-state index in [9.17, 15) is 9.18 Å². The van der Waals surface area contributed by atoms with Gasteiger partial charge in [-0.25, -0.2) is 9.18 Å². The Kier molecular flexibility index (Phi) is 5.18. The second-order valence-corrected chi connectivity index (χ2v) is 7.89.